The summed E-state index contributed by atoms with van der Waals surface area (Å²) in [6.45, 7) is 10.1. The average Bonchev–Trinajstić information content (AvgIpc) is 2.97. The molecule has 3 rings (SSSR count). The number of rotatable bonds is 13. The van der Waals surface area contributed by atoms with E-state index in [1.165, 1.54) is 35.5 Å². The summed E-state index contributed by atoms with van der Waals surface area (Å²) >= 11 is 0. The molecule has 0 bridgehead atoms. The highest BCUT2D eigenvalue weighted by Crippen LogP contribution is 2.24. The first-order valence-corrected chi connectivity index (χ1v) is 12.5. The zero-order valence-electron chi connectivity index (χ0n) is 22.7. The molecule has 0 unspecified atom stereocenters. The third-order valence-electron chi connectivity index (χ3n) is 5.75. The molecule has 0 aliphatic heterocycles. The van der Waals surface area contributed by atoms with E-state index in [2.05, 4.69) is 23.8 Å². The number of anilines is 3. The molecule has 0 radical (unpaired) electrons. The molecule has 0 saturated heterocycles. The lowest BCUT2D eigenvalue weighted by atomic mass is 10.1. The quantitative estimate of drug-likeness (QED) is 0.154. The molecular weight excluding hydrogens is 516 g/mol. The number of carbonyl (C=O) groups is 2. The molecule has 0 fully saturated rings. The van der Waals surface area contributed by atoms with Crippen LogP contribution in [0.5, 0.6) is 0 Å². The van der Waals surface area contributed by atoms with Crippen LogP contribution in [0.15, 0.2) is 86.1 Å². The van der Waals surface area contributed by atoms with Crippen molar-refractivity contribution < 1.29 is 23.1 Å². The molecule has 0 saturated carbocycles. The number of nitrogens with two attached hydrogens (primary N) is 1. The van der Waals surface area contributed by atoms with Gasteiger partial charge in [-0.05, 0) is 73.0 Å². The number of amides is 2. The van der Waals surface area contributed by atoms with Gasteiger partial charge in [-0.2, -0.15) is 0 Å². The SMILES string of the molecule is C=C(c1ccc(F)cc1)N(CCc1ccc(NC=O)c(NC)c1)C(=O)COCC.C=CN(N)c1ccc(F)cc1. The monoisotopic (exact) mass is 551 g/mol. The summed E-state index contributed by atoms with van der Waals surface area (Å²) in [6.07, 6.45) is 2.64. The molecule has 0 heterocycles. The van der Waals surface area contributed by atoms with E-state index in [4.69, 9.17) is 10.6 Å². The Labute approximate surface area is 233 Å². The number of hydrogen-bond donors (Lipinski definition) is 3. The summed E-state index contributed by atoms with van der Waals surface area (Å²) in [5.74, 6) is 4.60. The molecule has 40 heavy (non-hydrogen) atoms. The molecule has 10 heteroatoms. The first-order chi connectivity index (χ1) is 19.2. The van der Waals surface area contributed by atoms with E-state index in [9.17, 15) is 18.4 Å². The van der Waals surface area contributed by atoms with Crippen molar-refractivity contribution in [1.82, 2.24) is 4.90 Å². The number of ether oxygens (including phenoxy) is 1. The lowest BCUT2D eigenvalue weighted by Crippen LogP contribution is -2.34. The summed E-state index contributed by atoms with van der Waals surface area (Å²) in [5, 5.41) is 6.99. The summed E-state index contributed by atoms with van der Waals surface area (Å²) in [6, 6.07) is 17.3. The van der Waals surface area contributed by atoms with Crippen molar-refractivity contribution in [3.8, 4) is 0 Å². The Hall–Kier alpha value is -4.54. The fourth-order valence-corrected chi connectivity index (χ4v) is 3.58. The number of benzene rings is 3. The Morgan fingerprint density at radius 2 is 1.65 bits per heavy atom. The minimum absolute atomic E-state index is 0.0549. The largest absolute Gasteiger partial charge is 0.386 e. The van der Waals surface area contributed by atoms with Gasteiger partial charge in [0.05, 0.1) is 17.1 Å². The molecule has 3 aromatic carbocycles. The van der Waals surface area contributed by atoms with Crippen LogP contribution in [0, 0.1) is 11.6 Å². The smallest absolute Gasteiger partial charge is 0.252 e. The van der Waals surface area contributed by atoms with Crippen molar-refractivity contribution in [2.24, 2.45) is 5.84 Å². The second-order valence-electron chi connectivity index (χ2n) is 8.34. The van der Waals surface area contributed by atoms with Gasteiger partial charge in [-0.15, -0.1) is 0 Å². The van der Waals surface area contributed by atoms with Gasteiger partial charge in [-0.3, -0.25) is 14.6 Å². The standard InChI is InChI=1S/C22H26FN3O3.C8H9FN2/c1-4-29-14-22(28)26(16(2)18-6-8-19(23)9-7-18)12-11-17-5-10-20(25-15-27)21(13-17)24-3;1-2-11(10)8-5-3-7(9)4-6-8/h5-10,13,15,24H,2,4,11-12,14H2,1,3H3,(H,25,27);2-6H,1,10H2. The molecule has 0 aliphatic carbocycles. The van der Waals surface area contributed by atoms with Crippen LogP contribution in [0.2, 0.25) is 0 Å². The maximum Gasteiger partial charge on any atom is 0.252 e. The van der Waals surface area contributed by atoms with Gasteiger partial charge < -0.3 is 20.3 Å². The molecule has 0 atom stereocenters. The molecule has 0 aliphatic rings. The van der Waals surface area contributed by atoms with Crippen LogP contribution in [0.25, 0.3) is 5.70 Å². The predicted molar refractivity (Wildman–Crippen MR) is 156 cm³/mol. The first kappa shape index (κ1) is 31.7. The Morgan fingerprint density at radius 3 is 2.20 bits per heavy atom. The van der Waals surface area contributed by atoms with Crippen LogP contribution in [-0.2, 0) is 20.7 Å². The third kappa shape index (κ3) is 9.64. The van der Waals surface area contributed by atoms with Gasteiger partial charge in [0.25, 0.3) is 5.91 Å². The van der Waals surface area contributed by atoms with E-state index in [0.717, 1.165) is 11.3 Å². The van der Waals surface area contributed by atoms with Crippen LogP contribution in [0.1, 0.15) is 18.1 Å². The maximum atomic E-state index is 13.2. The number of carbonyl (C=O) groups excluding carboxylic acids is 2. The normalized spacial score (nSPS) is 10.0. The fourth-order valence-electron chi connectivity index (χ4n) is 3.58. The number of hydrazine groups is 1. The minimum Gasteiger partial charge on any atom is -0.386 e. The summed E-state index contributed by atoms with van der Waals surface area (Å²) < 4.78 is 30.9. The van der Waals surface area contributed by atoms with Crippen molar-refractivity contribution in [1.29, 1.82) is 0 Å². The van der Waals surface area contributed by atoms with E-state index >= 15 is 0 Å². The van der Waals surface area contributed by atoms with Crippen molar-refractivity contribution >= 4 is 35.1 Å². The molecule has 0 spiro atoms. The highest BCUT2D eigenvalue weighted by atomic mass is 19.1. The number of hydrogen-bond acceptors (Lipinski definition) is 6. The van der Waals surface area contributed by atoms with E-state index < -0.39 is 0 Å². The zero-order valence-corrected chi connectivity index (χ0v) is 22.7. The van der Waals surface area contributed by atoms with Crippen molar-refractivity contribution in [3.05, 3.63) is 109 Å². The molecule has 2 amide bonds. The van der Waals surface area contributed by atoms with Gasteiger partial charge in [0.1, 0.15) is 18.2 Å². The number of halogens is 2. The number of nitrogens with zero attached hydrogens (tertiary/aromatic N) is 2. The summed E-state index contributed by atoms with van der Waals surface area (Å²) in [7, 11) is 1.77. The highest BCUT2D eigenvalue weighted by Gasteiger charge is 2.18. The van der Waals surface area contributed by atoms with Crippen molar-refractivity contribution in [3.63, 3.8) is 0 Å². The van der Waals surface area contributed by atoms with Gasteiger partial charge in [-0.25, -0.2) is 14.6 Å². The van der Waals surface area contributed by atoms with Crippen LogP contribution in [0.3, 0.4) is 0 Å². The summed E-state index contributed by atoms with van der Waals surface area (Å²) in [5.41, 5.74) is 4.29. The molecule has 4 N–H and O–H groups in total. The molecule has 0 aromatic heterocycles. The Kier molecular flexibility index (Phi) is 13.0. The second-order valence-corrected chi connectivity index (χ2v) is 8.34. The zero-order chi connectivity index (χ0) is 29.5. The predicted octanol–water partition coefficient (Wildman–Crippen LogP) is 5.16. The molecule has 8 nitrogen and oxygen atoms in total. The molecular formula is C30H35F2N5O3. The van der Waals surface area contributed by atoms with Crippen molar-refractivity contribution in [2.75, 3.05) is 42.4 Å². The van der Waals surface area contributed by atoms with Crippen LogP contribution in [0.4, 0.5) is 25.8 Å². The maximum absolute atomic E-state index is 13.2. The minimum atomic E-state index is -0.350. The average molecular weight is 552 g/mol. The first-order valence-electron chi connectivity index (χ1n) is 12.5. The van der Waals surface area contributed by atoms with Crippen LogP contribution >= 0.6 is 0 Å². The Morgan fingerprint density at radius 1 is 1.02 bits per heavy atom. The van der Waals surface area contributed by atoms with E-state index in [-0.39, 0.29) is 24.1 Å². The fraction of sp³-hybridized carbons (Fsp3) is 0.200. The van der Waals surface area contributed by atoms with Gasteiger partial charge in [0, 0.05) is 32.1 Å². The topological polar surface area (TPSA) is 99.9 Å². The second kappa shape index (κ2) is 16.4. The Balaban J connectivity index is 0.000000425. The summed E-state index contributed by atoms with van der Waals surface area (Å²) in [4.78, 5) is 24.9. The van der Waals surface area contributed by atoms with E-state index in [1.807, 2.05) is 19.1 Å². The Bertz CT molecular complexity index is 1270. The van der Waals surface area contributed by atoms with Crippen LogP contribution in [-0.4, -0.2) is 44.0 Å². The lowest BCUT2D eigenvalue weighted by molar-refractivity contribution is -0.132. The van der Waals surface area contributed by atoms with Crippen molar-refractivity contribution in [2.45, 2.75) is 13.3 Å². The van der Waals surface area contributed by atoms with E-state index in [0.29, 0.717) is 48.6 Å². The highest BCUT2D eigenvalue weighted by molar-refractivity contribution is 5.87. The van der Waals surface area contributed by atoms with Gasteiger partial charge in [0.2, 0.25) is 6.41 Å². The van der Waals surface area contributed by atoms with Crippen LogP contribution < -0.4 is 21.5 Å². The van der Waals surface area contributed by atoms with Gasteiger partial charge in [0.15, 0.2) is 0 Å². The molecule has 3 aromatic rings. The van der Waals surface area contributed by atoms with E-state index in [1.54, 1.807) is 42.3 Å². The lowest BCUT2D eigenvalue weighted by Gasteiger charge is -2.25. The molecule has 212 valence electrons. The third-order valence-corrected chi connectivity index (χ3v) is 5.75. The number of nitrogens with one attached hydrogen (secondary N) is 2. The van der Waals surface area contributed by atoms with Gasteiger partial charge >= 0.3 is 0 Å². The van der Waals surface area contributed by atoms with Gasteiger partial charge in [-0.1, -0.05) is 31.4 Å².